The molecule has 0 aliphatic rings. The van der Waals surface area contributed by atoms with Gasteiger partial charge in [0.25, 0.3) is 5.91 Å². The molecule has 1 aromatic carbocycles. The lowest BCUT2D eigenvalue weighted by molar-refractivity contribution is -0.113. The van der Waals surface area contributed by atoms with Crippen LogP contribution in [0.1, 0.15) is 17.1 Å². The third-order valence-electron chi connectivity index (χ3n) is 3.89. The van der Waals surface area contributed by atoms with Crippen LogP contribution in [0.4, 0.5) is 0 Å². The maximum absolute atomic E-state index is 12.4. The fourth-order valence-corrected chi connectivity index (χ4v) is 2.76. The Morgan fingerprint density at radius 2 is 1.77 bits per heavy atom. The van der Waals surface area contributed by atoms with Crippen molar-refractivity contribution in [2.45, 2.75) is 13.8 Å². The minimum Gasteiger partial charge on any atom is -0.457 e. The number of hydrogen-bond donors (Lipinski definition) is 1. The third kappa shape index (κ3) is 3.79. The summed E-state index contributed by atoms with van der Waals surface area (Å²) in [5, 5.41) is 9.34. The predicted molar refractivity (Wildman–Crippen MR) is 104 cm³/mol. The van der Waals surface area contributed by atoms with E-state index in [1.807, 2.05) is 62.4 Å². The molecule has 3 rings (SSSR count). The number of benzene rings is 1. The minimum atomic E-state index is -0.489. The second-order valence-corrected chi connectivity index (χ2v) is 6.69. The molecular formula is C20H16BrN3O2. The Bertz CT molecular complexity index is 1000. The average Bonchev–Trinajstić information content (AvgIpc) is 3.22. The highest BCUT2D eigenvalue weighted by atomic mass is 79.9. The summed E-state index contributed by atoms with van der Waals surface area (Å²) in [4.78, 5) is 12.4. The lowest BCUT2D eigenvalue weighted by atomic mass is 10.2. The maximum atomic E-state index is 12.4. The SMILES string of the molecule is Cc1ccc(C)n1NC(=O)/C(C#N)=C\c1ccc(-c2ccc(Br)cc2)o1. The van der Waals surface area contributed by atoms with Gasteiger partial charge in [0.1, 0.15) is 23.2 Å². The van der Waals surface area contributed by atoms with Crippen molar-refractivity contribution < 1.29 is 9.21 Å². The Balaban J connectivity index is 1.82. The van der Waals surface area contributed by atoms with E-state index in [-0.39, 0.29) is 5.57 Å². The number of hydrogen-bond acceptors (Lipinski definition) is 3. The third-order valence-corrected chi connectivity index (χ3v) is 4.42. The van der Waals surface area contributed by atoms with Crippen LogP contribution in [0.2, 0.25) is 0 Å². The molecule has 130 valence electrons. The van der Waals surface area contributed by atoms with Gasteiger partial charge >= 0.3 is 0 Å². The molecule has 0 atom stereocenters. The molecule has 0 radical (unpaired) electrons. The fourth-order valence-electron chi connectivity index (χ4n) is 2.50. The van der Waals surface area contributed by atoms with Crippen molar-refractivity contribution in [1.29, 1.82) is 5.26 Å². The van der Waals surface area contributed by atoms with E-state index in [0.717, 1.165) is 21.4 Å². The molecular weight excluding hydrogens is 394 g/mol. The number of aromatic nitrogens is 1. The standard InChI is InChI=1S/C20H16BrN3O2/c1-13-3-4-14(2)24(13)23-20(25)16(12-22)11-18-9-10-19(26-18)15-5-7-17(21)8-6-15/h3-11H,1-2H3,(H,23,25)/b16-11-. The first-order chi connectivity index (χ1) is 12.5. The van der Waals surface area contributed by atoms with E-state index in [9.17, 15) is 10.1 Å². The van der Waals surface area contributed by atoms with E-state index in [1.54, 1.807) is 10.7 Å². The molecule has 0 aliphatic carbocycles. The Morgan fingerprint density at radius 1 is 1.12 bits per heavy atom. The van der Waals surface area contributed by atoms with Crippen LogP contribution in [-0.4, -0.2) is 10.6 Å². The Kier molecular flexibility index (Phi) is 5.10. The molecule has 0 unspecified atom stereocenters. The van der Waals surface area contributed by atoms with Crippen molar-refractivity contribution in [3.05, 3.63) is 75.7 Å². The number of carbonyl (C=O) groups is 1. The highest BCUT2D eigenvalue weighted by Gasteiger charge is 2.13. The first-order valence-corrected chi connectivity index (χ1v) is 8.71. The molecule has 3 aromatic rings. The van der Waals surface area contributed by atoms with Crippen LogP contribution in [0.3, 0.4) is 0 Å². The van der Waals surface area contributed by atoms with Crippen LogP contribution in [-0.2, 0) is 4.79 Å². The second-order valence-electron chi connectivity index (χ2n) is 5.77. The molecule has 1 amide bonds. The predicted octanol–water partition coefficient (Wildman–Crippen LogP) is 4.80. The van der Waals surface area contributed by atoms with Crippen molar-refractivity contribution in [3.8, 4) is 17.4 Å². The lowest BCUT2D eigenvalue weighted by Gasteiger charge is -2.10. The van der Waals surface area contributed by atoms with Gasteiger partial charge in [0.15, 0.2) is 0 Å². The lowest BCUT2D eigenvalue weighted by Crippen LogP contribution is -2.25. The number of rotatable bonds is 4. The van der Waals surface area contributed by atoms with Crippen molar-refractivity contribution in [3.63, 3.8) is 0 Å². The summed E-state index contributed by atoms with van der Waals surface area (Å²) in [6.45, 7) is 3.75. The van der Waals surface area contributed by atoms with Gasteiger partial charge in [-0.2, -0.15) is 5.26 Å². The largest absolute Gasteiger partial charge is 0.457 e. The summed E-state index contributed by atoms with van der Waals surface area (Å²) in [7, 11) is 0. The molecule has 1 N–H and O–H groups in total. The van der Waals surface area contributed by atoms with E-state index in [0.29, 0.717) is 11.5 Å². The zero-order valence-corrected chi connectivity index (χ0v) is 15.9. The number of nitrogens with one attached hydrogen (secondary N) is 1. The maximum Gasteiger partial charge on any atom is 0.280 e. The number of amides is 1. The first kappa shape index (κ1) is 17.8. The smallest absolute Gasteiger partial charge is 0.280 e. The summed E-state index contributed by atoms with van der Waals surface area (Å²) in [5.41, 5.74) is 5.35. The quantitative estimate of drug-likeness (QED) is 0.496. The zero-order valence-electron chi connectivity index (χ0n) is 14.3. The number of nitriles is 1. The molecule has 26 heavy (non-hydrogen) atoms. The molecule has 5 nitrogen and oxygen atoms in total. The summed E-state index contributed by atoms with van der Waals surface area (Å²) in [6.07, 6.45) is 1.44. The molecule has 0 spiro atoms. The summed E-state index contributed by atoms with van der Waals surface area (Å²) in [5.74, 6) is 0.616. The van der Waals surface area contributed by atoms with Crippen LogP contribution >= 0.6 is 15.9 Å². The highest BCUT2D eigenvalue weighted by Crippen LogP contribution is 2.25. The van der Waals surface area contributed by atoms with Crippen LogP contribution in [0.25, 0.3) is 17.4 Å². The van der Waals surface area contributed by atoms with Gasteiger partial charge in [0, 0.05) is 27.5 Å². The number of furan rings is 1. The van der Waals surface area contributed by atoms with Gasteiger partial charge < -0.3 is 4.42 Å². The summed E-state index contributed by atoms with van der Waals surface area (Å²) < 4.78 is 8.37. The molecule has 0 bridgehead atoms. The second kappa shape index (κ2) is 7.46. The van der Waals surface area contributed by atoms with Gasteiger partial charge in [0.2, 0.25) is 0 Å². The number of halogens is 1. The summed E-state index contributed by atoms with van der Waals surface area (Å²) >= 11 is 3.39. The number of aryl methyl sites for hydroxylation is 2. The topological polar surface area (TPSA) is 71.0 Å². The van der Waals surface area contributed by atoms with Gasteiger partial charge in [0.05, 0.1) is 0 Å². The van der Waals surface area contributed by atoms with E-state index in [4.69, 9.17) is 4.42 Å². The van der Waals surface area contributed by atoms with Crippen LogP contribution in [0, 0.1) is 25.2 Å². The monoisotopic (exact) mass is 409 g/mol. The van der Waals surface area contributed by atoms with Gasteiger partial charge in [-0.25, -0.2) is 0 Å². The van der Waals surface area contributed by atoms with Gasteiger partial charge in [-0.05, 0) is 50.2 Å². The molecule has 0 saturated carbocycles. The Labute approximate surface area is 159 Å². The highest BCUT2D eigenvalue weighted by molar-refractivity contribution is 9.10. The molecule has 6 heteroatoms. The Hall–Kier alpha value is -3.04. The molecule has 2 heterocycles. The van der Waals surface area contributed by atoms with E-state index >= 15 is 0 Å². The van der Waals surface area contributed by atoms with E-state index < -0.39 is 5.91 Å². The van der Waals surface area contributed by atoms with Crippen LogP contribution < -0.4 is 5.43 Å². The van der Waals surface area contributed by atoms with Crippen molar-refractivity contribution in [1.82, 2.24) is 4.68 Å². The Morgan fingerprint density at radius 3 is 2.38 bits per heavy atom. The van der Waals surface area contributed by atoms with Gasteiger partial charge in [-0.1, -0.05) is 28.1 Å². The van der Waals surface area contributed by atoms with Crippen molar-refractivity contribution in [2.75, 3.05) is 5.43 Å². The van der Waals surface area contributed by atoms with Crippen LogP contribution in [0.5, 0.6) is 0 Å². The van der Waals surface area contributed by atoms with Gasteiger partial charge in [-0.15, -0.1) is 0 Å². The number of nitrogens with zero attached hydrogens (tertiary/aromatic N) is 2. The molecule has 2 aromatic heterocycles. The minimum absolute atomic E-state index is 0.0331. The molecule has 0 aliphatic heterocycles. The van der Waals surface area contributed by atoms with Gasteiger partial charge in [-0.3, -0.25) is 14.9 Å². The molecule has 0 fully saturated rings. The average molecular weight is 410 g/mol. The zero-order chi connectivity index (χ0) is 18.7. The first-order valence-electron chi connectivity index (χ1n) is 7.92. The molecule has 0 saturated heterocycles. The fraction of sp³-hybridized carbons (Fsp3) is 0.100. The van der Waals surface area contributed by atoms with E-state index in [1.165, 1.54) is 6.08 Å². The van der Waals surface area contributed by atoms with Crippen molar-refractivity contribution in [2.24, 2.45) is 0 Å². The normalized spacial score (nSPS) is 11.2. The van der Waals surface area contributed by atoms with Crippen molar-refractivity contribution >= 4 is 27.9 Å². The van der Waals surface area contributed by atoms with E-state index in [2.05, 4.69) is 21.4 Å². The number of carbonyl (C=O) groups excluding carboxylic acids is 1. The summed E-state index contributed by atoms with van der Waals surface area (Å²) in [6, 6.07) is 16.9. The van der Waals surface area contributed by atoms with Crippen LogP contribution in [0.15, 0.2) is 63.0 Å².